The molecule has 364 valence electrons. The van der Waals surface area contributed by atoms with Crippen molar-refractivity contribution >= 4 is 89.5 Å². The molecular weight excluding hydrogens is 928 g/mol. The third kappa shape index (κ3) is 6.26. The van der Waals surface area contributed by atoms with Gasteiger partial charge < -0.3 is 9.80 Å². The molecule has 0 amide bonds. The maximum Gasteiger partial charge on any atom is 0.252 e. The van der Waals surface area contributed by atoms with Gasteiger partial charge in [0.05, 0.1) is 5.69 Å². The predicted molar refractivity (Wildman–Crippen MR) is 326 cm³/mol. The van der Waals surface area contributed by atoms with Crippen LogP contribution >= 0.6 is 0 Å². The fourth-order valence-corrected chi connectivity index (χ4v) is 15.6. The Labute approximate surface area is 451 Å². The molecule has 0 aromatic heterocycles. The van der Waals surface area contributed by atoms with Crippen molar-refractivity contribution in [3.8, 4) is 33.4 Å². The smallest absolute Gasteiger partial charge is 0.252 e. The van der Waals surface area contributed by atoms with Gasteiger partial charge in [-0.1, -0.05) is 194 Å². The molecule has 0 spiro atoms. The molecule has 0 saturated heterocycles. The van der Waals surface area contributed by atoms with Crippen molar-refractivity contribution in [1.29, 1.82) is 0 Å². The van der Waals surface area contributed by atoms with Gasteiger partial charge >= 0.3 is 0 Å². The number of benzene rings is 11. The third-order valence-electron chi connectivity index (χ3n) is 18.8. The van der Waals surface area contributed by atoms with Crippen LogP contribution in [-0.4, -0.2) is 6.71 Å². The number of nitrogens with zero attached hydrogens (tertiary/aromatic N) is 2. The molecule has 0 saturated carbocycles. The van der Waals surface area contributed by atoms with Crippen LogP contribution in [0.4, 0.5) is 34.1 Å². The second kappa shape index (κ2) is 16.9. The van der Waals surface area contributed by atoms with E-state index in [2.05, 4.69) is 234 Å². The van der Waals surface area contributed by atoms with Crippen LogP contribution in [0, 0.1) is 0 Å². The Morgan fingerprint density at radius 1 is 0.351 bits per heavy atom. The average molecular weight is 983 g/mol. The quantitative estimate of drug-likeness (QED) is 0.128. The Bertz CT molecular complexity index is 4330. The molecule has 0 N–H and O–H groups in total. The summed E-state index contributed by atoms with van der Waals surface area (Å²) in [5.41, 5.74) is 29.2. The molecular formula is C74H55BN2. The average Bonchev–Trinajstić information content (AvgIpc) is 3.62. The van der Waals surface area contributed by atoms with Crippen molar-refractivity contribution < 1.29 is 0 Å². The number of hydrogen-bond acceptors (Lipinski definition) is 2. The highest BCUT2D eigenvalue weighted by Crippen LogP contribution is 2.55. The molecule has 0 bridgehead atoms. The van der Waals surface area contributed by atoms with Crippen molar-refractivity contribution in [2.75, 3.05) is 9.80 Å². The zero-order chi connectivity index (χ0) is 50.3. The number of fused-ring (bicyclic) bond motifs is 20. The summed E-state index contributed by atoms with van der Waals surface area (Å²) in [6.07, 6.45) is 18.5. The molecule has 0 fully saturated rings. The van der Waals surface area contributed by atoms with E-state index >= 15 is 0 Å². The van der Waals surface area contributed by atoms with E-state index in [4.69, 9.17) is 0 Å². The van der Waals surface area contributed by atoms with E-state index in [0.717, 1.165) is 25.7 Å². The normalized spacial score (nSPS) is 17.3. The zero-order valence-corrected chi connectivity index (χ0v) is 43.1. The first-order valence-corrected chi connectivity index (χ1v) is 28.4. The second-order valence-corrected chi connectivity index (χ2v) is 22.6. The topological polar surface area (TPSA) is 6.48 Å². The van der Waals surface area contributed by atoms with Crippen LogP contribution in [0.1, 0.15) is 70.9 Å². The standard InChI is InChI=1S/C74H55BN2/c1-3-21-46(22-4-1)63-44-66-73(61-35-17-14-32-56(61)63)76(48-41-42-58-51-27-8-7-25-49(51)50-26-10-12-31-55(50)65(58)43-48)69-39-20-40-70-72(69)75(66)67-45-64(47-23-5-2-6-24-47)57-33-15-18-36-62(57)74(67)77(70)68-38-19-37-60-54-29-11-9-28-52(54)53-30-13-16-34-59(53)71(60)68/h1-13,16,19-31,34,37-45,50,55H,14-15,17-18,32-33,35-36H2. The van der Waals surface area contributed by atoms with Gasteiger partial charge in [0.25, 0.3) is 6.71 Å². The van der Waals surface area contributed by atoms with E-state index in [9.17, 15) is 0 Å². The van der Waals surface area contributed by atoms with Gasteiger partial charge in [0.15, 0.2) is 0 Å². The summed E-state index contributed by atoms with van der Waals surface area (Å²) in [6, 6.07) is 77.5. The Kier molecular flexibility index (Phi) is 9.58. The van der Waals surface area contributed by atoms with Crippen LogP contribution in [0.25, 0.3) is 65.7 Å². The van der Waals surface area contributed by atoms with Crippen molar-refractivity contribution in [3.05, 3.63) is 258 Å². The number of anilines is 6. The monoisotopic (exact) mass is 982 g/mol. The summed E-state index contributed by atoms with van der Waals surface area (Å²) in [7, 11) is 0. The first-order valence-electron chi connectivity index (χ1n) is 28.4. The Hall–Kier alpha value is -8.66. The number of allylic oxidation sites excluding steroid dienone is 4. The van der Waals surface area contributed by atoms with E-state index in [-0.39, 0.29) is 12.6 Å². The maximum absolute atomic E-state index is 2.78. The zero-order valence-electron chi connectivity index (χ0n) is 43.1. The van der Waals surface area contributed by atoms with Crippen LogP contribution < -0.4 is 26.2 Å². The molecule has 11 aromatic rings. The molecule has 2 aliphatic heterocycles. The minimum Gasteiger partial charge on any atom is -0.311 e. The molecule has 11 aromatic carbocycles. The lowest BCUT2D eigenvalue weighted by molar-refractivity contribution is 0.687. The first-order chi connectivity index (χ1) is 38.3. The van der Waals surface area contributed by atoms with Crippen molar-refractivity contribution in [2.45, 2.75) is 63.2 Å². The highest BCUT2D eigenvalue weighted by Gasteiger charge is 2.47. The van der Waals surface area contributed by atoms with E-state index in [1.807, 2.05) is 0 Å². The van der Waals surface area contributed by atoms with Gasteiger partial charge in [-0.3, -0.25) is 0 Å². The fraction of sp³-hybridized carbons (Fsp3) is 0.135. The van der Waals surface area contributed by atoms with Crippen molar-refractivity contribution in [1.82, 2.24) is 0 Å². The highest BCUT2D eigenvalue weighted by molar-refractivity contribution is 7.00. The van der Waals surface area contributed by atoms with Crippen LogP contribution in [-0.2, 0) is 25.7 Å². The van der Waals surface area contributed by atoms with Gasteiger partial charge in [0, 0.05) is 45.7 Å². The molecule has 2 atom stereocenters. The summed E-state index contributed by atoms with van der Waals surface area (Å²) < 4.78 is 0. The minimum atomic E-state index is -0.0177. The van der Waals surface area contributed by atoms with Gasteiger partial charge in [-0.2, -0.15) is 0 Å². The summed E-state index contributed by atoms with van der Waals surface area (Å²) in [6.45, 7) is -0.0177. The van der Waals surface area contributed by atoms with Gasteiger partial charge in [-0.25, -0.2) is 0 Å². The summed E-state index contributed by atoms with van der Waals surface area (Å²) in [4.78, 5) is 5.54. The molecule has 2 nitrogen and oxygen atoms in total. The number of rotatable bonds is 4. The number of hydrogen-bond donors (Lipinski definition) is 0. The van der Waals surface area contributed by atoms with Crippen molar-refractivity contribution in [3.63, 3.8) is 0 Å². The van der Waals surface area contributed by atoms with Crippen LogP contribution in [0.2, 0.25) is 0 Å². The molecule has 4 aliphatic carbocycles. The molecule has 77 heavy (non-hydrogen) atoms. The molecule has 0 radical (unpaired) electrons. The van der Waals surface area contributed by atoms with Gasteiger partial charge in [0.1, 0.15) is 0 Å². The molecule has 2 heterocycles. The summed E-state index contributed by atoms with van der Waals surface area (Å²) >= 11 is 0. The van der Waals surface area contributed by atoms with Gasteiger partial charge in [-0.05, 0) is 192 Å². The molecule has 2 unspecified atom stereocenters. The highest BCUT2D eigenvalue weighted by atomic mass is 15.2. The largest absolute Gasteiger partial charge is 0.311 e. The maximum atomic E-state index is 2.78. The predicted octanol–water partition coefficient (Wildman–Crippen LogP) is 17.3. The van der Waals surface area contributed by atoms with Gasteiger partial charge in [0.2, 0.25) is 0 Å². The van der Waals surface area contributed by atoms with E-state index < -0.39 is 0 Å². The van der Waals surface area contributed by atoms with Crippen LogP contribution in [0.15, 0.2) is 224 Å². The lowest BCUT2D eigenvalue weighted by Crippen LogP contribution is -2.62. The van der Waals surface area contributed by atoms with Crippen molar-refractivity contribution in [2.24, 2.45) is 0 Å². The van der Waals surface area contributed by atoms with E-state index in [1.165, 1.54) is 175 Å². The Morgan fingerprint density at radius 3 is 1.45 bits per heavy atom. The Morgan fingerprint density at radius 2 is 0.818 bits per heavy atom. The minimum absolute atomic E-state index is 0.0177. The third-order valence-corrected chi connectivity index (χ3v) is 18.8. The van der Waals surface area contributed by atoms with Gasteiger partial charge in [-0.15, -0.1) is 0 Å². The van der Waals surface area contributed by atoms with E-state index in [1.54, 1.807) is 0 Å². The molecule has 3 heteroatoms. The summed E-state index contributed by atoms with van der Waals surface area (Å²) in [5.74, 6) is 0.550. The second-order valence-electron chi connectivity index (χ2n) is 22.6. The molecule has 6 aliphatic rings. The lowest BCUT2D eigenvalue weighted by atomic mass is 9.32. The van der Waals surface area contributed by atoms with Crippen LogP contribution in [0.5, 0.6) is 0 Å². The van der Waals surface area contributed by atoms with E-state index in [0.29, 0.717) is 5.92 Å². The lowest BCUT2D eigenvalue weighted by Gasteiger charge is -2.47. The SMILES string of the molecule is C1=CC2c3ccccc3-c3ccc(N4c5cccc6c5B(c5cc(-c7ccccc7)c7c(c54)CCCC7)c4cc(-c5ccccc5)c5c(c4N6c4cccc6c7ccccc7c7ccccc7c46)CCCC5)cc3C2C=C1. The fourth-order valence-electron chi connectivity index (χ4n) is 15.6. The Balaban J connectivity index is 1.02. The summed E-state index contributed by atoms with van der Waals surface area (Å²) in [5, 5.41) is 7.81. The molecule has 17 rings (SSSR count). The van der Waals surface area contributed by atoms with Crippen LogP contribution in [0.3, 0.4) is 0 Å². The first kappa shape index (κ1) is 43.6.